The average Bonchev–Trinajstić information content (AvgIpc) is 2.55. The van der Waals surface area contributed by atoms with E-state index in [4.69, 9.17) is 4.74 Å². The number of hydrogen-bond donors (Lipinski definition) is 0. The Kier molecular flexibility index (Phi) is 7.68. The Bertz CT molecular complexity index is 561. The van der Waals surface area contributed by atoms with Gasteiger partial charge in [0, 0.05) is 31.1 Å². The van der Waals surface area contributed by atoms with Crippen LogP contribution in [0.1, 0.15) is 30.6 Å². The second kappa shape index (κ2) is 9.55. The molecule has 22 heavy (non-hydrogen) atoms. The van der Waals surface area contributed by atoms with E-state index in [-0.39, 0.29) is 11.7 Å². The molecule has 0 aliphatic carbocycles. The summed E-state index contributed by atoms with van der Waals surface area (Å²) in [6.45, 7) is 4.77. The summed E-state index contributed by atoms with van der Waals surface area (Å²) in [5.41, 5.74) is 0.604. The van der Waals surface area contributed by atoms with Crippen molar-refractivity contribution in [2.75, 3.05) is 20.2 Å². The van der Waals surface area contributed by atoms with Crippen LogP contribution in [-0.4, -0.2) is 36.8 Å². The Balaban J connectivity index is 2.61. The predicted molar refractivity (Wildman–Crippen MR) is 88.1 cm³/mol. The summed E-state index contributed by atoms with van der Waals surface area (Å²) in [6.07, 6.45) is 7.16. The van der Waals surface area contributed by atoms with Crippen LogP contribution in [0.2, 0.25) is 0 Å². The molecule has 0 saturated carbocycles. The standard InChI is InChI=1S/C18H23NO3/c1-4-6-7-11-18(21)19(5-2)13-12-17(20)15-9-8-10-16(14-15)22-3/h4,6-11,14H,5,12-13H2,1-3H3/b6-4+,11-7+. The molecular formula is C18H23NO3. The molecule has 1 amide bonds. The number of amides is 1. The van der Waals surface area contributed by atoms with E-state index in [1.165, 1.54) is 6.08 Å². The number of allylic oxidation sites excluding steroid dienone is 3. The van der Waals surface area contributed by atoms with Crippen LogP contribution in [0.4, 0.5) is 0 Å². The number of methoxy groups -OCH3 is 1. The number of hydrogen-bond acceptors (Lipinski definition) is 3. The van der Waals surface area contributed by atoms with Gasteiger partial charge in [0.15, 0.2) is 5.78 Å². The molecule has 0 unspecified atom stereocenters. The third kappa shape index (κ3) is 5.56. The molecule has 1 aromatic carbocycles. The highest BCUT2D eigenvalue weighted by molar-refractivity contribution is 5.97. The summed E-state index contributed by atoms with van der Waals surface area (Å²) in [5.74, 6) is 0.574. The maximum atomic E-state index is 12.2. The van der Waals surface area contributed by atoms with Crippen molar-refractivity contribution in [2.24, 2.45) is 0 Å². The van der Waals surface area contributed by atoms with E-state index in [2.05, 4.69) is 0 Å². The number of ether oxygens (including phenoxy) is 1. The van der Waals surface area contributed by atoms with E-state index in [9.17, 15) is 9.59 Å². The molecule has 0 bridgehead atoms. The van der Waals surface area contributed by atoms with E-state index < -0.39 is 0 Å². The van der Waals surface area contributed by atoms with Crippen LogP contribution in [0, 0.1) is 0 Å². The lowest BCUT2D eigenvalue weighted by atomic mass is 10.1. The van der Waals surface area contributed by atoms with Gasteiger partial charge in [-0.05, 0) is 26.0 Å². The van der Waals surface area contributed by atoms with Crippen LogP contribution >= 0.6 is 0 Å². The second-order valence-corrected chi connectivity index (χ2v) is 4.71. The summed E-state index contributed by atoms with van der Waals surface area (Å²) in [5, 5.41) is 0. The van der Waals surface area contributed by atoms with Crippen molar-refractivity contribution in [1.29, 1.82) is 0 Å². The van der Waals surface area contributed by atoms with Gasteiger partial charge in [0.1, 0.15) is 5.75 Å². The molecular weight excluding hydrogens is 278 g/mol. The summed E-state index contributed by atoms with van der Waals surface area (Å²) < 4.78 is 5.11. The molecule has 0 aliphatic rings. The van der Waals surface area contributed by atoms with Gasteiger partial charge < -0.3 is 9.64 Å². The van der Waals surface area contributed by atoms with E-state index in [0.29, 0.717) is 30.8 Å². The fourth-order valence-corrected chi connectivity index (χ4v) is 1.96. The minimum Gasteiger partial charge on any atom is -0.497 e. The number of likely N-dealkylation sites (N-methyl/N-ethyl adjacent to an activating group) is 1. The van der Waals surface area contributed by atoms with Crippen molar-refractivity contribution in [3.05, 3.63) is 54.1 Å². The first kappa shape index (κ1) is 17.7. The van der Waals surface area contributed by atoms with Crippen LogP contribution in [0.25, 0.3) is 0 Å². The maximum absolute atomic E-state index is 12.2. The fraction of sp³-hybridized carbons (Fsp3) is 0.333. The molecule has 118 valence electrons. The van der Waals surface area contributed by atoms with Crippen molar-refractivity contribution < 1.29 is 14.3 Å². The number of ketones is 1. The highest BCUT2D eigenvalue weighted by Gasteiger charge is 2.12. The lowest BCUT2D eigenvalue weighted by Gasteiger charge is -2.18. The summed E-state index contributed by atoms with van der Waals surface area (Å²) in [6, 6.07) is 7.06. The molecule has 0 aromatic heterocycles. The SMILES string of the molecule is C/C=C/C=C/C(=O)N(CC)CCC(=O)c1cccc(OC)c1. The lowest BCUT2D eigenvalue weighted by Crippen LogP contribution is -2.31. The fourth-order valence-electron chi connectivity index (χ4n) is 1.96. The quantitative estimate of drug-likeness (QED) is 0.421. The number of rotatable bonds is 8. The third-order valence-corrected chi connectivity index (χ3v) is 3.24. The van der Waals surface area contributed by atoms with E-state index >= 15 is 0 Å². The zero-order chi connectivity index (χ0) is 16.4. The zero-order valence-corrected chi connectivity index (χ0v) is 13.4. The van der Waals surface area contributed by atoms with E-state index in [1.807, 2.05) is 19.9 Å². The molecule has 0 atom stereocenters. The van der Waals surface area contributed by atoms with Crippen LogP contribution in [0.3, 0.4) is 0 Å². The molecule has 0 heterocycles. The van der Waals surface area contributed by atoms with Gasteiger partial charge in [0.2, 0.25) is 5.91 Å². The van der Waals surface area contributed by atoms with Gasteiger partial charge in [-0.2, -0.15) is 0 Å². The Morgan fingerprint density at radius 3 is 2.68 bits per heavy atom. The lowest BCUT2D eigenvalue weighted by molar-refractivity contribution is -0.125. The van der Waals surface area contributed by atoms with Crippen LogP contribution in [-0.2, 0) is 4.79 Å². The third-order valence-electron chi connectivity index (χ3n) is 3.24. The average molecular weight is 301 g/mol. The van der Waals surface area contributed by atoms with E-state index in [0.717, 1.165) is 0 Å². The van der Waals surface area contributed by atoms with E-state index in [1.54, 1.807) is 48.4 Å². The molecule has 0 radical (unpaired) electrons. The Labute approximate surface area is 132 Å². The maximum Gasteiger partial charge on any atom is 0.246 e. The highest BCUT2D eigenvalue weighted by atomic mass is 16.5. The van der Waals surface area contributed by atoms with Crippen molar-refractivity contribution in [1.82, 2.24) is 4.90 Å². The highest BCUT2D eigenvalue weighted by Crippen LogP contribution is 2.14. The van der Waals surface area contributed by atoms with Crippen molar-refractivity contribution in [3.8, 4) is 5.75 Å². The largest absolute Gasteiger partial charge is 0.497 e. The van der Waals surface area contributed by atoms with Gasteiger partial charge in [-0.3, -0.25) is 9.59 Å². The Hall–Kier alpha value is -2.36. The van der Waals surface area contributed by atoms with Gasteiger partial charge in [-0.25, -0.2) is 0 Å². The van der Waals surface area contributed by atoms with Gasteiger partial charge in [-0.1, -0.05) is 30.4 Å². The summed E-state index contributed by atoms with van der Waals surface area (Å²) >= 11 is 0. The molecule has 0 spiro atoms. The molecule has 0 fully saturated rings. The number of carbonyl (C=O) groups excluding carboxylic acids is 2. The minimum absolute atomic E-state index is 0.00239. The second-order valence-electron chi connectivity index (χ2n) is 4.71. The van der Waals surface area contributed by atoms with Crippen molar-refractivity contribution >= 4 is 11.7 Å². The predicted octanol–water partition coefficient (Wildman–Crippen LogP) is 3.25. The van der Waals surface area contributed by atoms with Gasteiger partial charge >= 0.3 is 0 Å². The van der Waals surface area contributed by atoms with Gasteiger partial charge in [0.05, 0.1) is 7.11 Å². The first-order valence-electron chi connectivity index (χ1n) is 7.37. The number of carbonyl (C=O) groups is 2. The molecule has 4 nitrogen and oxygen atoms in total. The van der Waals surface area contributed by atoms with Crippen molar-refractivity contribution in [2.45, 2.75) is 20.3 Å². The van der Waals surface area contributed by atoms with Gasteiger partial charge in [0.25, 0.3) is 0 Å². The summed E-state index contributed by atoms with van der Waals surface area (Å²) in [7, 11) is 1.57. The minimum atomic E-state index is -0.0842. The topological polar surface area (TPSA) is 46.6 Å². The van der Waals surface area contributed by atoms with Crippen molar-refractivity contribution in [3.63, 3.8) is 0 Å². The Morgan fingerprint density at radius 1 is 1.27 bits per heavy atom. The summed E-state index contributed by atoms with van der Waals surface area (Å²) in [4.78, 5) is 25.8. The first-order chi connectivity index (χ1) is 10.6. The molecule has 0 N–H and O–H groups in total. The monoisotopic (exact) mass is 301 g/mol. The molecule has 4 heteroatoms. The molecule has 0 saturated heterocycles. The Morgan fingerprint density at radius 2 is 2.05 bits per heavy atom. The van der Waals surface area contributed by atoms with Gasteiger partial charge in [-0.15, -0.1) is 0 Å². The van der Waals surface area contributed by atoms with Crippen LogP contribution in [0.15, 0.2) is 48.6 Å². The molecule has 0 aliphatic heterocycles. The normalized spacial score (nSPS) is 11.0. The molecule has 1 aromatic rings. The van der Waals surface area contributed by atoms with Crippen LogP contribution < -0.4 is 4.74 Å². The number of Topliss-reactive ketones (excluding diaryl/α,β-unsaturated/α-hetero) is 1. The number of benzene rings is 1. The number of nitrogens with zero attached hydrogens (tertiary/aromatic N) is 1. The zero-order valence-electron chi connectivity index (χ0n) is 13.4. The first-order valence-corrected chi connectivity index (χ1v) is 7.37. The molecule has 1 rings (SSSR count). The smallest absolute Gasteiger partial charge is 0.246 e. The van der Waals surface area contributed by atoms with Crippen LogP contribution in [0.5, 0.6) is 5.75 Å².